The summed E-state index contributed by atoms with van der Waals surface area (Å²) in [5.41, 5.74) is 7.49. The monoisotopic (exact) mass is 654 g/mol. The van der Waals surface area contributed by atoms with E-state index in [1.165, 1.54) is 0 Å². The van der Waals surface area contributed by atoms with E-state index in [4.69, 9.17) is 0 Å². The van der Waals surface area contributed by atoms with Crippen molar-refractivity contribution in [3.05, 3.63) is 66.0 Å². The maximum Gasteiger partial charge on any atom is 0.303 e. The Morgan fingerprint density at radius 3 is 2.13 bits per heavy atom. The maximum atomic E-state index is 12.6. The zero-order valence-corrected chi connectivity index (χ0v) is 28.2. The van der Waals surface area contributed by atoms with Gasteiger partial charge in [0, 0.05) is 52.2 Å². The quantitative estimate of drug-likeness (QED) is 0.174. The van der Waals surface area contributed by atoms with E-state index >= 15 is 0 Å². The zero-order valence-electron chi connectivity index (χ0n) is 26.4. The number of carboxylic acid groups (broad SMARTS) is 2. The van der Waals surface area contributed by atoms with E-state index < -0.39 is 11.9 Å². The van der Waals surface area contributed by atoms with E-state index in [-0.39, 0.29) is 60.7 Å². The molecule has 0 aliphatic carbocycles. The highest BCUT2D eigenvalue weighted by Gasteiger charge is 2.35. The van der Waals surface area contributed by atoms with Gasteiger partial charge in [0.1, 0.15) is 0 Å². The third-order valence-electron chi connectivity index (χ3n) is 8.98. The number of H-pyrrole nitrogens is 2. The zero-order chi connectivity index (χ0) is 33.3. The molecule has 0 bridgehead atoms. The number of aromatic amines is 2. The van der Waals surface area contributed by atoms with Crippen molar-refractivity contribution < 1.29 is 29.4 Å². The Balaban J connectivity index is 1.85. The number of carboxylic acids is 2. The fourth-order valence-corrected chi connectivity index (χ4v) is 7.21. The van der Waals surface area contributed by atoms with Crippen molar-refractivity contribution in [3.8, 4) is 0 Å². The number of carbonyl (C=O) groups is 4. The molecular weight excluding hydrogens is 613 g/mol. The maximum absolute atomic E-state index is 12.6. The van der Waals surface area contributed by atoms with Crippen LogP contribution in [0.2, 0.25) is 0 Å². The fraction of sp³-hybridized carbons (Fsp3) is 0.455. The Hall–Kier alpha value is -3.64. The standard InChI is InChI=1S/C33H42N4O6S2/c1-14-20(7-9-28(38)39)25(34-22(14)11-24-16(3)31(19(6)45)33(43)36-24)13-26-21(8-10-29(40)41)15(2)23(35-26)12-27-30(18(5)44)17(4)32(42)37-27/h11,13,17,19,24,27,34-35,44-45H,7-10,12H2,1-6H3,(H,36,43)(H,37,42)(H,38,39)(H,40,41)/b22-11+,25-13-,30-18+/t17?,19-,24-,27+/m1/s1. The topological polar surface area (TPSA) is 164 Å². The predicted octanol–water partition coefficient (Wildman–Crippen LogP) is 2.62. The van der Waals surface area contributed by atoms with Gasteiger partial charge in [0.2, 0.25) is 11.8 Å². The number of aromatic nitrogens is 2. The van der Waals surface area contributed by atoms with Gasteiger partial charge in [-0.25, -0.2) is 0 Å². The smallest absolute Gasteiger partial charge is 0.303 e. The molecule has 6 N–H and O–H groups in total. The summed E-state index contributed by atoms with van der Waals surface area (Å²) in [6.45, 7) is 11.4. The summed E-state index contributed by atoms with van der Waals surface area (Å²) in [7, 11) is 0. The van der Waals surface area contributed by atoms with Gasteiger partial charge >= 0.3 is 11.9 Å². The first-order chi connectivity index (χ1) is 21.1. The molecule has 4 atom stereocenters. The SMILES string of the molecule is CC1=C([C@@H](C)S)C(=O)N[C@@H]1/C=c1/[nH]/c(=C\c2[nH]c(C[C@@H]3NC(=O)C(C)/C3=C(/C)S)c(C)c2CCC(=O)O)c(CCC(=O)O)c1C. The van der Waals surface area contributed by atoms with Crippen LogP contribution in [0.4, 0.5) is 0 Å². The lowest BCUT2D eigenvalue weighted by Crippen LogP contribution is -2.29. The van der Waals surface area contributed by atoms with Gasteiger partial charge in [-0.15, -0.1) is 12.6 Å². The minimum absolute atomic E-state index is 0.0568. The minimum atomic E-state index is -0.919. The van der Waals surface area contributed by atoms with Crippen molar-refractivity contribution >= 4 is 61.2 Å². The number of nitrogens with one attached hydrogen (secondary N) is 4. The summed E-state index contributed by atoms with van der Waals surface area (Å²) in [6, 6.07) is -0.586. The highest BCUT2D eigenvalue weighted by atomic mass is 32.1. The number of aliphatic carboxylic acids is 2. The molecule has 45 heavy (non-hydrogen) atoms. The molecule has 242 valence electrons. The van der Waals surface area contributed by atoms with Crippen molar-refractivity contribution in [2.75, 3.05) is 0 Å². The summed E-state index contributed by atoms with van der Waals surface area (Å²) < 4.78 is 0. The number of hydrogen-bond donors (Lipinski definition) is 8. The molecule has 4 heterocycles. The van der Waals surface area contributed by atoms with Crippen LogP contribution in [0.3, 0.4) is 0 Å². The lowest BCUT2D eigenvalue weighted by Gasteiger charge is -2.15. The van der Waals surface area contributed by atoms with Gasteiger partial charge in [-0.3, -0.25) is 19.2 Å². The van der Waals surface area contributed by atoms with Crippen LogP contribution in [0, 0.1) is 19.8 Å². The summed E-state index contributed by atoms with van der Waals surface area (Å²) in [5, 5.41) is 26.3. The number of hydrogen-bond acceptors (Lipinski definition) is 6. The van der Waals surface area contributed by atoms with Gasteiger partial charge in [0.05, 0.1) is 18.0 Å². The Bertz CT molecular complexity index is 1740. The van der Waals surface area contributed by atoms with Crippen LogP contribution in [0.5, 0.6) is 0 Å². The average molecular weight is 655 g/mol. The van der Waals surface area contributed by atoms with Gasteiger partial charge in [-0.2, -0.15) is 12.6 Å². The van der Waals surface area contributed by atoms with Crippen molar-refractivity contribution in [3.63, 3.8) is 0 Å². The molecule has 2 amide bonds. The number of rotatable bonds is 11. The molecule has 0 radical (unpaired) electrons. The molecule has 1 fully saturated rings. The average Bonchev–Trinajstić information content (AvgIpc) is 3.59. The Morgan fingerprint density at radius 2 is 1.58 bits per heavy atom. The van der Waals surface area contributed by atoms with Gasteiger partial charge in [-0.1, -0.05) is 0 Å². The summed E-state index contributed by atoms with van der Waals surface area (Å²) >= 11 is 9.01. The van der Waals surface area contributed by atoms with Crippen LogP contribution in [0.1, 0.15) is 74.2 Å². The van der Waals surface area contributed by atoms with Crippen molar-refractivity contribution in [1.29, 1.82) is 0 Å². The second-order valence-corrected chi connectivity index (χ2v) is 13.5. The van der Waals surface area contributed by atoms with Crippen LogP contribution < -0.4 is 21.3 Å². The first kappa shape index (κ1) is 34.2. The van der Waals surface area contributed by atoms with E-state index in [2.05, 4.69) is 45.9 Å². The van der Waals surface area contributed by atoms with Gasteiger partial charge in [-0.05, 0) is 105 Å². The predicted molar refractivity (Wildman–Crippen MR) is 180 cm³/mol. The molecule has 10 nitrogen and oxygen atoms in total. The molecule has 0 spiro atoms. The normalized spacial score (nSPS) is 22.7. The number of amides is 2. The fourth-order valence-electron chi connectivity index (χ4n) is 6.54. The lowest BCUT2D eigenvalue weighted by atomic mass is 9.94. The van der Waals surface area contributed by atoms with E-state index in [1.54, 1.807) is 0 Å². The molecule has 1 saturated heterocycles. The van der Waals surface area contributed by atoms with Crippen molar-refractivity contribution in [1.82, 2.24) is 20.6 Å². The second kappa shape index (κ2) is 13.8. The first-order valence-corrected chi connectivity index (χ1v) is 16.0. The molecule has 1 unspecified atom stereocenters. The van der Waals surface area contributed by atoms with Crippen LogP contribution in [-0.2, 0) is 38.4 Å². The van der Waals surface area contributed by atoms with Crippen LogP contribution in [-0.4, -0.2) is 61.3 Å². The molecule has 0 aromatic carbocycles. The van der Waals surface area contributed by atoms with E-state index in [9.17, 15) is 29.4 Å². The molecule has 2 aliphatic rings. The van der Waals surface area contributed by atoms with E-state index in [0.29, 0.717) is 17.3 Å². The Labute approximate surface area is 273 Å². The summed E-state index contributed by atoms with van der Waals surface area (Å²) in [4.78, 5) is 56.0. The molecular formula is C33H42N4O6S2. The van der Waals surface area contributed by atoms with Crippen LogP contribution in [0.25, 0.3) is 12.2 Å². The number of allylic oxidation sites excluding steroid dienone is 1. The highest BCUT2D eigenvalue weighted by Crippen LogP contribution is 2.31. The lowest BCUT2D eigenvalue weighted by molar-refractivity contribution is -0.138. The van der Waals surface area contributed by atoms with Crippen molar-refractivity contribution in [2.45, 2.75) is 91.0 Å². The van der Waals surface area contributed by atoms with E-state index in [1.807, 2.05) is 53.7 Å². The van der Waals surface area contributed by atoms with E-state index in [0.717, 1.165) is 55.0 Å². The largest absolute Gasteiger partial charge is 0.481 e. The van der Waals surface area contributed by atoms with Crippen LogP contribution >= 0.6 is 25.3 Å². The number of thiol groups is 2. The first-order valence-electron chi connectivity index (χ1n) is 15.0. The minimum Gasteiger partial charge on any atom is -0.481 e. The second-order valence-electron chi connectivity index (χ2n) is 12.0. The van der Waals surface area contributed by atoms with Gasteiger partial charge < -0.3 is 30.8 Å². The molecule has 2 aliphatic heterocycles. The van der Waals surface area contributed by atoms with Gasteiger partial charge in [0.25, 0.3) is 0 Å². The highest BCUT2D eigenvalue weighted by molar-refractivity contribution is 7.84. The third kappa shape index (κ3) is 7.27. The Morgan fingerprint density at radius 1 is 0.956 bits per heavy atom. The molecule has 12 heteroatoms. The molecule has 2 aromatic heterocycles. The summed E-state index contributed by atoms with van der Waals surface area (Å²) in [5.74, 6) is -2.34. The summed E-state index contributed by atoms with van der Waals surface area (Å²) in [6.07, 6.45) is 4.75. The van der Waals surface area contributed by atoms with Crippen LogP contribution in [0.15, 0.2) is 21.6 Å². The molecule has 4 rings (SSSR count). The Kier molecular flexibility index (Phi) is 10.5. The van der Waals surface area contributed by atoms with Gasteiger partial charge in [0.15, 0.2) is 0 Å². The van der Waals surface area contributed by atoms with Crippen molar-refractivity contribution in [2.24, 2.45) is 5.92 Å². The third-order valence-corrected chi connectivity index (χ3v) is 9.50. The molecule has 2 aromatic rings. The number of carbonyl (C=O) groups excluding carboxylic acids is 2. The molecule has 0 saturated carbocycles.